The van der Waals surface area contributed by atoms with Crippen molar-refractivity contribution in [2.24, 2.45) is 0 Å². The Bertz CT molecular complexity index is 445. The van der Waals surface area contributed by atoms with Crippen molar-refractivity contribution >= 4 is 33.3 Å². The minimum Gasteiger partial charge on any atom is -0.298 e. The zero-order valence-electron chi connectivity index (χ0n) is 9.52. The van der Waals surface area contributed by atoms with Crippen LogP contribution in [0, 0.1) is 0 Å². The fourth-order valence-electron chi connectivity index (χ4n) is 1.42. The Kier molecular flexibility index (Phi) is 5.22. The van der Waals surface area contributed by atoms with Gasteiger partial charge in [0.15, 0.2) is 0 Å². The molecule has 1 atom stereocenters. The van der Waals surface area contributed by atoms with Crippen LogP contribution in [0.25, 0.3) is 0 Å². The highest BCUT2D eigenvalue weighted by Crippen LogP contribution is 2.32. The number of hydrogen-bond acceptors (Lipinski definition) is 1. The topological polar surface area (TPSA) is 17.1 Å². The van der Waals surface area contributed by atoms with Crippen LogP contribution in [0.1, 0.15) is 24.5 Å². The molecule has 1 nitrogen and oxygen atoms in total. The molecule has 0 aliphatic carbocycles. The lowest BCUT2D eigenvalue weighted by Gasteiger charge is -2.12. The minimum atomic E-state index is -4.41. The predicted molar refractivity (Wildman–Crippen MR) is 68.2 cm³/mol. The van der Waals surface area contributed by atoms with Gasteiger partial charge in [-0.1, -0.05) is 40.5 Å². The molecule has 0 saturated carbocycles. The van der Waals surface area contributed by atoms with Crippen molar-refractivity contribution in [3.8, 4) is 0 Å². The van der Waals surface area contributed by atoms with Crippen molar-refractivity contribution < 1.29 is 18.0 Å². The van der Waals surface area contributed by atoms with E-state index in [9.17, 15) is 18.0 Å². The molecule has 6 heteroatoms. The number of halogens is 5. The van der Waals surface area contributed by atoms with E-state index in [1.807, 2.05) is 0 Å². The molecule has 1 rings (SSSR count). The van der Waals surface area contributed by atoms with E-state index in [2.05, 4.69) is 15.9 Å². The Labute approximate surface area is 116 Å². The first-order chi connectivity index (χ1) is 8.25. The lowest BCUT2D eigenvalue weighted by atomic mass is 10.0. The molecule has 1 unspecified atom stereocenters. The van der Waals surface area contributed by atoms with Gasteiger partial charge in [-0.2, -0.15) is 13.2 Å². The monoisotopic (exact) mass is 342 g/mol. The second-order valence-corrected chi connectivity index (χ2v) is 5.31. The van der Waals surface area contributed by atoms with Gasteiger partial charge in [0.2, 0.25) is 0 Å². The minimum absolute atomic E-state index is 0.00837. The number of hydrogen-bond donors (Lipinski definition) is 0. The molecule has 1 aromatic rings. The van der Waals surface area contributed by atoms with Crippen LogP contribution in [0.5, 0.6) is 0 Å². The standard InChI is InChI=1S/C12H11BrClF3O/c1-2-11(18)9(13)5-7-3-4-8(6-10(7)14)12(15,16)17/h3-4,6,9H,2,5H2,1H3. The van der Waals surface area contributed by atoms with Gasteiger partial charge in [0, 0.05) is 11.4 Å². The van der Waals surface area contributed by atoms with Crippen molar-refractivity contribution in [1.29, 1.82) is 0 Å². The van der Waals surface area contributed by atoms with Crippen molar-refractivity contribution in [1.82, 2.24) is 0 Å². The Hall–Kier alpha value is -0.550. The fraction of sp³-hybridized carbons (Fsp3) is 0.417. The molecule has 100 valence electrons. The summed E-state index contributed by atoms with van der Waals surface area (Å²) in [6, 6.07) is 3.16. The average molecular weight is 344 g/mol. The predicted octanol–water partition coefficient (Wildman–Crippen LogP) is 4.64. The third-order valence-corrected chi connectivity index (χ3v) is 3.66. The van der Waals surface area contributed by atoms with Gasteiger partial charge in [0.05, 0.1) is 10.4 Å². The number of carbonyl (C=O) groups is 1. The molecule has 0 radical (unpaired) electrons. The fourth-order valence-corrected chi connectivity index (χ4v) is 2.35. The smallest absolute Gasteiger partial charge is 0.298 e. The molecule has 0 fully saturated rings. The lowest BCUT2D eigenvalue weighted by Crippen LogP contribution is -2.16. The molecular formula is C12H11BrClF3O. The van der Waals surface area contributed by atoms with Gasteiger partial charge in [-0.15, -0.1) is 0 Å². The van der Waals surface area contributed by atoms with Gasteiger partial charge in [-0.25, -0.2) is 0 Å². The van der Waals surface area contributed by atoms with Gasteiger partial charge in [0.1, 0.15) is 5.78 Å². The third kappa shape index (κ3) is 3.99. The number of carbonyl (C=O) groups excluding carboxylic acids is 1. The number of alkyl halides is 4. The van der Waals surface area contributed by atoms with Crippen LogP contribution in [0.3, 0.4) is 0 Å². The van der Waals surface area contributed by atoms with Crippen LogP contribution >= 0.6 is 27.5 Å². The highest BCUT2D eigenvalue weighted by atomic mass is 79.9. The van der Waals surface area contributed by atoms with Gasteiger partial charge >= 0.3 is 6.18 Å². The molecule has 0 bridgehead atoms. The van der Waals surface area contributed by atoms with Crippen molar-refractivity contribution in [3.63, 3.8) is 0 Å². The lowest BCUT2D eigenvalue weighted by molar-refractivity contribution is -0.137. The summed E-state index contributed by atoms with van der Waals surface area (Å²) in [7, 11) is 0. The molecule has 0 amide bonds. The first kappa shape index (κ1) is 15.5. The molecule has 0 spiro atoms. The molecule has 0 heterocycles. The molecule has 0 aromatic heterocycles. The quantitative estimate of drug-likeness (QED) is 0.728. The summed E-state index contributed by atoms with van der Waals surface area (Å²) in [6.07, 6.45) is -3.76. The van der Waals surface area contributed by atoms with E-state index in [0.717, 1.165) is 12.1 Å². The van der Waals surface area contributed by atoms with E-state index in [1.165, 1.54) is 6.07 Å². The summed E-state index contributed by atoms with van der Waals surface area (Å²) in [5.41, 5.74) is -0.266. The van der Waals surface area contributed by atoms with E-state index in [4.69, 9.17) is 11.6 Å². The first-order valence-corrected chi connectivity index (χ1v) is 6.57. The molecule has 18 heavy (non-hydrogen) atoms. The van der Waals surface area contributed by atoms with E-state index < -0.39 is 16.6 Å². The normalized spacial score (nSPS) is 13.4. The summed E-state index contributed by atoms with van der Waals surface area (Å²) in [5, 5.41) is 0.0261. The van der Waals surface area contributed by atoms with Gasteiger partial charge in [0.25, 0.3) is 0 Å². The summed E-state index contributed by atoms with van der Waals surface area (Å²) < 4.78 is 37.3. The highest BCUT2D eigenvalue weighted by Gasteiger charge is 2.31. The van der Waals surface area contributed by atoms with Crippen molar-refractivity contribution in [3.05, 3.63) is 34.3 Å². The summed E-state index contributed by atoms with van der Waals surface area (Å²) in [4.78, 5) is 11.0. The summed E-state index contributed by atoms with van der Waals surface area (Å²) >= 11 is 9.00. The molecule has 0 aliphatic heterocycles. The molecular weight excluding hydrogens is 332 g/mol. The van der Waals surface area contributed by atoms with E-state index in [1.54, 1.807) is 6.92 Å². The maximum absolute atomic E-state index is 12.4. The van der Waals surface area contributed by atoms with Gasteiger partial charge in [-0.3, -0.25) is 4.79 Å². The number of ketones is 1. The third-order valence-electron chi connectivity index (χ3n) is 2.48. The summed E-state index contributed by atoms with van der Waals surface area (Å²) in [5.74, 6) is -0.00837. The molecule has 0 N–H and O–H groups in total. The van der Waals surface area contributed by atoms with Crippen molar-refractivity contribution in [2.75, 3.05) is 0 Å². The van der Waals surface area contributed by atoms with Crippen LogP contribution in [-0.2, 0) is 17.4 Å². The zero-order chi connectivity index (χ0) is 13.9. The Morgan fingerprint density at radius 2 is 2.06 bits per heavy atom. The molecule has 1 aromatic carbocycles. The molecule has 0 aliphatic rings. The number of rotatable bonds is 4. The van der Waals surface area contributed by atoms with E-state index in [-0.39, 0.29) is 17.2 Å². The Morgan fingerprint density at radius 3 is 2.50 bits per heavy atom. The second kappa shape index (κ2) is 6.06. The maximum atomic E-state index is 12.4. The first-order valence-electron chi connectivity index (χ1n) is 5.28. The van der Waals surface area contributed by atoms with Crippen LogP contribution in [0.4, 0.5) is 13.2 Å². The van der Waals surface area contributed by atoms with Crippen LogP contribution in [0.2, 0.25) is 5.02 Å². The number of Topliss-reactive ketones (excluding diaryl/α,β-unsaturated/α-hetero) is 1. The SMILES string of the molecule is CCC(=O)C(Br)Cc1ccc(C(F)(F)F)cc1Cl. The van der Waals surface area contributed by atoms with Crippen molar-refractivity contribution in [2.45, 2.75) is 30.8 Å². The second-order valence-electron chi connectivity index (χ2n) is 3.80. The zero-order valence-corrected chi connectivity index (χ0v) is 11.9. The van der Waals surface area contributed by atoms with E-state index >= 15 is 0 Å². The van der Waals surface area contributed by atoms with E-state index in [0.29, 0.717) is 12.0 Å². The average Bonchev–Trinajstić information content (AvgIpc) is 2.29. The number of benzene rings is 1. The van der Waals surface area contributed by atoms with Gasteiger partial charge in [-0.05, 0) is 24.1 Å². The van der Waals surface area contributed by atoms with Crippen LogP contribution in [0.15, 0.2) is 18.2 Å². The van der Waals surface area contributed by atoms with Crippen LogP contribution < -0.4 is 0 Å². The highest BCUT2D eigenvalue weighted by molar-refractivity contribution is 9.10. The Balaban J connectivity index is 2.90. The largest absolute Gasteiger partial charge is 0.416 e. The van der Waals surface area contributed by atoms with Crippen LogP contribution in [-0.4, -0.2) is 10.6 Å². The molecule has 0 saturated heterocycles. The summed E-state index contributed by atoms with van der Waals surface area (Å²) in [6.45, 7) is 1.73. The van der Waals surface area contributed by atoms with Gasteiger partial charge < -0.3 is 0 Å². The maximum Gasteiger partial charge on any atom is 0.416 e. The Morgan fingerprint density at radius 1 is 1.44 bits per heavy atom.